The van der Waals surface area contributed by atoms with E-state index in [1.54, 1.807) is 11.1 Å². The largest absolute Gasteiger partial charge is 0.336 e. The van der Waals surface area contributed by atoms with E-state index >= 15 is 0 Å². The first-order valence-electron chi connectivity index (χ1n) is 9.01. The Morgan fingerprint density at radius 2 is 2.00 bits per heavy atom. The maximum absolute atomic E-state index is 13.3. The van der Waals surface area contributed by atoms with Crippen molar-refractivity contribution in [2.24, 2.45) is 0 Å². The van der Waals surface area contributed by atoms with Gasteiger partial charge in [-0.25, -0.2) is 15.2 Å². The molecule has 8 heteroatoms. The first-order valence-corrected chi connectivity index (χ1v) is 9.39. The Morgan fingerprint density at radius 1 is 1.19 bits per heavy atom. The van der Waals surface area contributed by atoms with Crippen LogP contribution in [0.25, 0.3) is 0 Å². The van der Waals surface area contributed by atoms with Gasteiger partial charge in [0.25, 0.3) is 5.91 Å². The summed E-state index contributed by atoms with van der Waals surface area (Å²) in [5.41, 5.74) is 8.26. The molecule has 27 heavy (non-hydrogen) atoms. The molecule has 142 valence electrons. The van der Waals surface area contributed by atoms with Gasteiger partial charge >= 0.3 is 0 Å². The standard InChI is InChI=1S/C19H21ClFN5O/c20-15-10-13(3-4-16(15)21)19(27)26-8-6-25(7-9-26)18-11-17(23-24-18)14-2-1-5-22-12-14/h1-5,10,12,17-18,23-24H,6-9,11H2. The van der Waals surface area contributed by atoms with Gasteiger partial charge in [0.1, 0.15) is 5.82 Å². The predicted molar refractivity (Wildman–Crippen MR) is 101 cm³/mol. The molecule has 2 atom stereocenters. The summed E-state index contributed by atoms with van der Waals surface area (Å²) in [7, 11) is 0. The number of halogens is 2. The third-order valence-corrected chi connectivity index (χ3v) is 5.47. The number of pyridine rings is 1. The molecule has 2 N–H and O–H groups in total. The molecule has 2 aromatic rings. The van der Waals surface area contributed by atoms with E-state index in [0.29, 0.717) is 18.7 Å². The third kappa shape index (κ3) is 3.96. The minimum atomic E-state index is -0.513. The summed E-state index contributed by atoms with van der Waals surface area (Å²) < 4.78 is 13.3. The zero-order valence-electron chi connectivity index (χ0n) is 14.7. The molecule has 2 aliphatic heterocycles. The molecule has 1 aromatic carbocycles. The summed E-state index contributed by atoms with van der Waals surface area (Å²) in [6.45, 7) is 2.81. The number of hydrazine groups is 1. The maximum Gasteiger partial charge on any atom is 0.253 e. The fourth-order valence-corrected chi connectivity index (χ4v) is 3.81. The van der Waals surface area contributed by atoms with E-state index in [1.165, 1.54) is 18.2 Å². The van der Waals surface area contributed by atoms with Crippen molar-refractivity contribution in [2.75, 3.05) is 26.2 Å². The molecule has 0 radical (unpaired) electrons. The van der Waals surface area contributed by atoms with Crippen LogP contribution in [0.3, 0.4) is 0 Å². The number of hydrogen-bond donors (Lipinski definition) is 2. The summed E-state index contributed by atoms with van der Waals surface area (Å²) in [6.07, 6.45) is 4.81. The molecule has 3 heterocycles. The van der Waals surface area contributed by atoms with Gasteiger partial charge in [-0.3, -0.25) is 14.7 Å². The molecule has 2 fully saturated rings. The second-order valence-corrected chi connectivity index (χ2v) is 7.24. The van der Waals surface area contributed by atoms with Crippen molar-refractivity contribution in [3.05, 3.63) is 64.7 Å². The second kappa shape index (κ2) is 7.90. The zero-order chi connectivity index (χ0) is 18.8. The van der Waals surface area contributed by atoms with Gasteiger partial charge in [-0.15, -0.1) is 0 Å². The van der Waals surface area contributed by atoms with Crippen molar-refractivity contribution in [3.8, 4) is 0 Å². The van der Waals surface area contributed by atoms with Gasteiger partial charge in [-0.05, 0) is 36.2 Å². The van der Waals surface area contributed by atoms with Gasteiger partial charge < -0.3 is 4.90 Å². The van der Waals surface area contributed by atoms with E-state index in [0.717, 1.165) is 25.1 Å². The Hall–Kier alpha value is -2.06. The topological polar surface area (TPSA) is 60.5 Å². The quantitative estimate of drug-likeness (QED) is 0.842. The average Bonchev–Trinajstić information content (AvgIpc) is 3.21. The molecule has 0 bridgehead atoms. The van der Waals surface area contributed by atoms with Gasteiger partial charge in [0.05, 0.1) is 17.2 Å². The van der Waals surface area contributed by atoms with Crippen LogP contribution in [0.2, 0.25) is 5.02 Å². The van der Waals surface area contributed by atoms with E-state index in [-0.39, 0.29) is 23.1 Å². The van der Waals surface area contributed by atoms with Gasteiger partial charge in [0, 0.05) is 44.1 Å². The summed E-state index contributed by atoms with van der Waals surface area (Å²) in [5.74, 6) is -0.622. The van der Waals surface area contributed by atoms with Crippen LogP contribution in [-0.4, -0.2) is 53.0 Å². The summed E-state index contributed by atoms with van der Waals surface area (Å²) in [6, 6.07) is 8.35. The number of nitrogens with zero attached hydrogens (tertiary/aromatic N) is 3. The maximum atomic E-state index is 13.3. The normalized spacial score (nSPS) is 23.6. The highest BCUT2D eigenvalue weighted by Gasteiger charge is 2.32. The summed E-state index contributed by atoms with van der Waals surface area (Å²) in [5, 5.41) is -0.0258. The summed E-state index contributed by atoms with van der Waals surface area (Å²) >= 11 is 5.80. The number of aromatic nitrogens is 1. The number of amides is 1. The number of carbonyl (C=O) groups excluding carboxylic acids is 1. The number of piperazine rings is 1. The smallest absolute Gasteiger partial charge is 0.253 e. The van der Waals surface area contributed by atoms with E-state index in [4.69, 9.17) is 11.6 Å². The zero-order valence-corrected chi connectivity index (χ0v) is 15.5. The number of benzene rings is 1. The molecule has 0 spiro atoms. The lowest BCUT2D eigenvalue weighted by molar-refractivity contribution is 0.0545. The molecule has 0 saturated carbocycles. The first-order chi connectivity index (χ1) is 13.1. The third-order valence-electron chi connectivity index (χ3n) is 5.18. The van der Waals surface area contributed by atoms with Crippen LogP contribution < -0.4 is 10.9 Å². The van der Waals surface area contributed by atoms with E-state index < -0.39 is 5.82 Å². The van der Waals surface area contributed by atoms with Gasteiger partial charge in [0.15, 0.2) is 0 Å². The van der Waals surface area contributed by atoms with Crippen LogP contribution in [0, 0.1) is 5.82 Å². The van der Waals surface area contributed by atoms with Gasteiger partial charge in [-0.2, -0.15) is 0 Å². The highest BCUT2D eigenvalue weighted by atomic mass is 35.5. The number of nitrogens with one attached hydrogen (secondary N) is 2. The molecule has 0 aliphatic carbocycles. The predicted octanol–water partition coefficient (Wildman–Crippen LogP) is 2.20. The fraction of sp³-hybridized carbons (Fsp3) is 0.368. The molecule has 2 aliphatic rings. The van der Waals surface area contributed by atoms with Crippen molar-refractivity contribution in [1.82, 2.24) is 25.6 Å². The van der Waals surface area contributed by atoms with Crippen molar-refractivity contribution in [2.45, 2.75) is 18.6 Å². The number of hydrogen-bond acceptors (Lipinski definition) is 5. The number of carbonyl (C=O) groups is 1. The molecule has 4 rings (SSSR count). The molecule has 1 amide bonds. The van der Waals surface area contributed by atoms with Crippen molar-refractivity contribution in [1.29, 1.82) is 0 Å². The Balaban J connectivity index is 1.32. The lowest BCUT2D eigenvalue weighted by atomic mass is 10.1. The SMILES string of the molecule is O=C(c1ccc(F)c(Cl)c1)N1CCN(C2CC(c3cccnc3)NN2)CC1. The summed E-state index contributed by atoms with van der Waals surface area (Å²) in [4.78, 5) is 20.9. The molecule has 2 saturated heterocycles. The number of rotatable bonds is 3. The van der Waals surface area contributed by atoms with E-state index in [1.807, 2.05) is 12.3 Å². The minimum absolute atomic E-state index is 0.0258. The molecular weight excluding hydrogens is 369 g/mol. The van der Waals surface area contributed by atoms with Crippen molar-refractivity contribution < 1.29 is 9.18 Å². The van der Waals surface area contributed by atoms with Crippen molar-refractivity contribution in [3.63, 3.8) is 0 Å². The molecule has 6 nitrogen and oxygen atoms in total. The monoisotopic (exact) mass is 389 g/mol. The van der Waals surface area contributed by atoms with E-state index in [2.05, 4.69) is 26.8 Å². The molecule has 1 aromatic heterocycles. The van der Waals surface area contributed by atoms with E-state index in [9.17, 15) is 9.18 Å². The highest BCUT2D eigenvalue weighted by molar-refractivity contribution is 6.31. The van der Waals surface area contributed by atoms with Gasteiger partial charge in [-0.1, -0.05) is 17.7 Å². The van der Waals surface area contributed by atoms with Crippen LogP contribution in [0.15, 0.2) is 42.7 Å². The van der Waals surface area contributed by atoms with Gasteiger partial charge in [0.2, 0.25) is 0 Å². The van der Waals surface area contributed by atoms with Crippen LogP contribution in [0.4, 0.5) is 4.39 Å². The Bertz CT molecular complexity index is 813. The van der Waals surface area contributed by atoms with Crippen LogP contribution in [-0.2, 0) is 0 Å². The van der Waals surface area contributed by atoms with Crippen LogP contribution in [0.1, 0.15) is 28.4 Å². The van der Waals surface area contributed by atoms with Crippen LogP contribution >= 0.6 is 11.6 Å². The lowest BCUT2D eigenvalue weighted by Gasteiger charge is -2.37. The second-order valence-electron chi connectivity index (χ2n) is 6.84. The average molecular weight is 390 g/mol. The first kappa shape index (κ1) is 18.3. The van der Waals surface area contributed by atoms with Crippen LogP contribution in [0.5, 0.6) is 0 Å². The fourth-order valence-electron chi connectivity index (χ4n) is 3.63. The highest BCUT2D eigenvalue weighted by Crippen LogP contribution is 2.24. The minimum Gasteiger partial charge on any atom is -0.336 e. The molecule has 2 unspecified atom stereocenters. The molecular formula is C19H21ClFN5O. The Morgan fingerprint density at radius 3 is 2.70 bits per heavy atom. The van der Waals surface area contributed by atoms with Crippen molar-refractivity contribution >= 4 is 17.5 Å². The Kier molecular flexibility index (Phi) is 5.36. The Labute approximate surface area is 162 Å². The lowest BCUT2D eigenvalue weighted by Crippen LogP contribution is -2.55.